The average Bonchev–Trinajstić information content (AvgIpc) is 3.20. The van der Waals surface area contributed by atoms with E-state index < -0.39 is 34.8 Å². The lowest BCUT2D eigenvalue weighted by Crippen LogP contribution is -2.46. The summed E-state index contributed by atoms with van der Waals surface area (Å²) in [6, 6.07) is 10.5. The van der Waals surface area contributed by atoms with Crippen LogP contribution in [0.4, 0.5) is 28.9 Å². The van der Waals surface area contributed by atoms with Gasteiger partial charge in [-0.25, -0.2) is 12.8 Å². The summed E-state index contributed by atoms with van der Waals surface area (Å²) in [6.07, 6.45) is -3.91. The minimum Gasteiger partial charge on any atom is -0.492 e. The van der Waals surface area contributed by atoms with Gasteiger partial charge in [0.25, 0.3) is 0 Å². The summed E-state index contributed by atoms with van der Waals surface area (Å²) in [6.45, 7) is 1.92. The minimum atomic E-state index is -4.48. The van der Waals surface area contributed by atoms with Crippen molar-refractivity contribution in [3.05, 3.63) is 48.2 Å². The van der Waals surface area contributed by atoms with Gasteiger partial charge in [0, 0.05) is 36.5 Å². The molecule has 4 rings (SSSR count). The lowest BCUT2D eigenvalue weighted by Gasteiger charge is -2.33. The number of ether oxygens (including phenoxy) is 1. The molecule has 0 bridgehead atoms. The Morgan fingerprint density at radius 3 is 2.60 bits per heavy atom. The van der Waals surface area contributed by atoms with E-state index in [9.17, 15) is 26.0 Å². The molecule has 0 spiro atoms. The molecule has 2 heterocycles. The van der Waals surface area contributed by atoms with E-state index in [-0.39, 0.29) is 23.7 Å². The highest BCUT2D eigenvalue weighted by Gasteiger charge is 2.31. The van der Waals surface area contributed by atoms with Crippen LogP contribution in [-0.2, 0) is 16.4 Å². The standard InChI is InChI=1S/C28H32F4N4O3S/c1-4-39-27-16-20(40(3,37)38)10-11-25(27)33-13-6-7-19-15-21-23(34-24-12-14-35(2)17-22(24)29)8-5-9-26(21)36(19)18-28(30,31)32/h5,8-11,15-16,22,24,33-34H,4,12-14,17-18H2,1-3H3/t22-,24+/m0/s1. The fourth-order valence-corrected chi connectivity index (χ4v) is 5.35. The van der Waals surface area contributed by atoms with Gasteiger partial charge in [-0.1, -0.05) is 12.0 Å². The Morgan fingerprint density at radius 1 is 1.15 bits per heavy atom. The maximum Gasteiger partial charge on any atom is 0.406 e. The van der Waals surface area contributed by atoms with E-state index in [0.29, 0.717) is 41.1 Å². The molecule has 2 N–H and O–H groups in total. The van der Waals surface area contributed by atoms with Crippen molar-refractivity contribution in [3.8, 4) is 17.6 Å². The minimum absolute atomic E-state index is 0.0655. The number of alkyl halides is 4. The van der Waals surface area contributed by atoms with Crippen LogP contribution in [0.2, 0.25) is 0 Å². The second-order valence-electron chi connectivity index (χ2n) is 9.81. The third kappa shape index (κ3) is 7.20. The number of hydrogen-bond donors (Lipinski definition) is 2. The number of nitrogens with one attached hydrogen (secondary N) is 2. The Balaban J connectivity index is 1.61. The predicted molar refractivity (Wildman–Crippen MR) is 149 cm³/mol. The smallest absolute Gasteiger partial charge is 0.406 e. The second kappa shape index (κ2) is 12.0. The van der Waals surface area contributed by atoms with E-state index in [1.54, 1.807) is 37.3 Å². The van der Waals surface area contributed by atoms with Crippen molar-refractivity contribution in [1.29, 1.82) is 0 Å². The zero-order chi connectivity index (χ0) is 29.1. The molecule has 2 atom stereocenters. The van der Waals surface area contributed by atoms with Crippen molar-refractivity contribution in [2.45, 2.75) is 43.2 Å². The van der Waals surface area contributed by atoms with Crippen LogP contribution in [-0.4, -0.2) is 75.8 Å². The molecule has 7 nitrogen and oxygen atoms in total. The van der Waals surface area contributed by atoms with Gasteiger partial charge in [-0.05, 0) is 56.6 Å². The van der Waals surface area contributed by atoms with Gasteiger partial charge in [-0.3, -0.25) is 0 Å². The first-order valence-electron chi connectivity index (χ1n) is 12.8. The lowest BCUT2D eigenvalue weighted by atomic mass is 10.0. The van der Waals surface area contributed by atoms with Gasteiger partial charge < -0.3 is 24.8 Å². The first-order valence-corrected chi connectivity index (χ1v) is 14.7. The Hall–Kier alpha value is -3.43. The maximum absolute atomic E-state index is 14.7. The molecule has 0 aliphatic carbocycles. The van der Waals surface area contributed by atoms with Crippen LogP contribution in [0.5, 0.6) is 5.75 Å². The van der Waals surface area contributed by atoms with Crippen LogP contribution in [0, 0.1) is 11.8 Å². The molecule has 1 fully saturated rings. The SMILES string of the molecule is CCOc1cc(S(C)(=O)=O)ccc1NCC#Cc1cc2c(N[C@@H]3CCN(C)C[C@@H]3F)cccc2n1CC(F)(F)F. The Labute approximate surface area is 231 Å². The Morgan fingerprint density at radius 2 is 1.93 bits per heavy atom. The van der Waals surface area contributed by atoms with Gasteiger partial charge >= 0.3 is 6.18 Å². The highest BCUT2D eigenvalue weighted by molar-refractivity contribution is 7.90. The summed E-state index contributed by atoms with van der Waals surface area (Å²) in [5, 5.41) is 6.78. The molecule has 0 unspecified atom stereocenters. The van der Waals surface area contributed by atoms with Crippen molar-refractivity contribution in [3.63, 3.8) is 0 Å². The van der Waals surface area contributed by atoms with Crippen LogP contribution < -0.4 is 15.4 Å². The normalized spacial score (nSPS) is 18.3. The summed E-state index contributed by atoms with van der Waals surface area (Å²) >= 11 is 0. The van der Waals surface area contributed by atoms with E-state index in [1.165, 1.54) is 12.1 Å². The monoisotopic (exact) mass is 580 g/mol. The lowest BCUT2D eigenvalue weighted by molar-refractivity contribution is -0.140. The van der Waals surface area contributed by atoms with Gasteiger partial charge in [0.2, 0.25) is 0 Å². The van der Waals surface area contributed by atoms with Crippen LogP contribution in [0.1, 0.15) is 19.0 Å². The van der Waals surface area contributed by atoms with Crippen molar-refractivity contribution in [1.82, 2.24) is 9.47 Å². The van der Waals surface area contributed by atoms with Crippen molar-refractivity contribution < 1.29 is 30.7 Å². The molecule has 0 amide bonds. The molecule has 40 heavy (non-hydrogen) atoms. The summed E-state index contributed by atoms with van der Waals surface area (Å²) in [5.74, 6) is 6.02. The molecule has 216 valence electrons. The summed E-state index contributed by atoms with van der Waals surface area (Å²) in [5.41, 5.74) is 1.58. The second-order valence-corrected chi connectivity index (χ2v) is 11.8. The quantitative estimate of drug-likeness (QED) is 0.291. The number of likely N-dealkylation sites (tertiary alicyclic amines) is 1. The fraction of sp³-hybridized carbons (Fsp3) is 0.429. The molecule has 0 saturated carbocycles. The fourth-order valence-electron chi connectivity index (χ4n) is 4.71. The number of nitrogens with zero attached hydrogens (tertiary/aromatic N) is 2. The highest BCUT2D eigenvalue weighted by Crippen LogP contribution is 2.32. The predicted octanol–water partition coefficient (Wildman–Crippen LogP) is 4.92. The molecule has 0 radical (unpaired) electrons. The molecule has 1 saturated heterocycles. The van der Waals surface area contributed by atoms with Gasteiger partial charge in [0.15, 0.2) is 9.84 Å². The number of fused-ring (bicyclic) bond motifs is 1. The van der Waals surface area contributed by atoms with Crippen molar-refractivity contribution in [2.75, 3.05) is 50.2 Å². The molecule has 1 aromatic heterocycles. The third-order valence-corrected chi connectivity index (χ3v) is 7.74. The number of aromatic nitrogens is 1. The van der Waals surface area contributed by atoms with Gasteiger partial charge in [-0.15, -0.1) is 0 Å². The van der Waals surface area contributed by atoms with Crippen molar-refractivity contribution in [2.24, 2.45) is 0 Å². The van der Waals surface area contributed by atoms with Crippen LogP contribution in [0.3, 0.4) is 0 Å². The highest BCUT2D eigenvalue weighted by atomic mass is 32.2. The van der Waals surface area contributed by atoms with E-state index in [1.807, 2.05) is 11.9 Å². The molecule has 2 aromatic carbocycles. The van der Waals surface area contributed by atoms with Gasteiger partial charge in [-0.2, -0.15) is 13.2 Å². The van der Waals surface area contributed by atoms with E-state index in [2.05, 4.69) is 22.5 Å². The summed E-state index contributed by atoms with van der Waals surface area (Å²) < 4.78 is 85.7. The van der Waals surface area contributed by atoms with Crippen LogP contribution in [0.25, 0.3) is 10.9 Å². The molecule has 1 aliphatic heterocycles. The zero-order valence-electron chi connectivity index (χ0n) is 22.5. The molecule has 1 aliphatic rings. The molecular formula is C28H32F4N4O3S. The number of halogens is 4. The van der Waals surface area contributed by atoms with Crippen LogP contribution in [0.15, 0.2) is 47.4 Å². The third-order valence-electron chi connectivity index (χ3n) is 6.63. The van der Waals surface area contributed by atoms with E-state index in [4.69, 9.17) is 4.74 Å². The van der Waals surface area contributed by atoms with Gasteiger partial charge in [0.1, 0.15) is 18.5 Å². The molecule has 12 heteroatoms. The van der Waals surface area contributed by atoms with Crippen molar-refractivity contribution >= 4 is 32.1 Å². The first-order chi connectivity index (χ1) is 18.9. The maximum atomic E-state index is 14.7. The van der Waals surface area contributed by atoms with E-state index in [0.717, 1.165) is 17.4 Å². The number of benzene rings is 2. The first kappa shape index (κ1) is 29.6. The molecular weight excluding hydrogens is 548 g/mol. The largest absolute Gasteiger partial charge is 0.492 e. The average molecular weight is 581 g/mol. The molecule has 3 aromatic rings. The van der Waals surface area contributed by atoms with Crippen LogP contribution >= 0.6 is 0 Å². The number of anilines is 2. The Kier molecular flexibility index (Phi) is 8.85. The number of hydrogen-bond acceptors (Lipinski definition) is 6. The number of sulfone groups is 1. The zero-order valence-corrected chi connectivity index (χ0v) is 23.3. The number of rotatable bonds is 8. The topological polar surface area (TPSA) is 75.6 Å². The van der Waals surface area contributed by atoms with E-state index >= 15 is 0 Å². The summed E-state index contributed by atoms with van der Waals surface area (Å²) in [7, 11) is -1.58. The number of piperidine rings is 1. The van der Waals surface area contributed by atoms with Gasteiger partial charge in [0.05, 0.1) is 41.0 Å². The Bertz CT molecular complexity index is 1530. The summed E-state index contributed by atoms with van der Waals surface area (Å²) in [4.78, 5) is 2.01.